The molecule has 0 spiro atoms. The Morgan fingerprint density at radius 1 is 1.46 bits per heavy atom. The lowest BCUT2D eigenvalue weighted by molar-refractivity contribution is 0.111. The topological polar surface area (TPSA) is 58.6 Å². The molecule has 4 nitrogen and oxygen atoms in total. The Labute approximate surface area is 80.5 Å². The Bertz CT molecular complexity index is 293. The highest BCUT2D eigenvalue weighted by Crippen LogP contribution is 2.29. The Hall–Kier alpha value is -0.840. The molecule has 1 aromatic rings. The van der Waals surface area contributed by atoms with E-state index in [4.69, 9.17) is 0 Å². The summed E-state index contributed by atoms with van der Waals surface area (Å²) in [7, 11) is 0. The Kier molecular flexibility index (Phi) is 2.63. The van der Waals surface area contributed by atoms with Gasteiger partial charge in [0.1, 0.15) is 5.82 Å². The van der Waals surface area contributed by atoms with Crippen molar-refractivity contribution in [2.24, 2.45) is 0 Å². The van der Waals surface area contributed by atoms with Crippen LogP contribution >= 0.6 is 11.8 Å². The third kappa shape index (κ3) is 1.91. The van der Waals surface area contributed by atoms with E-state index in [2.05, 4.69) is 15.2 Å². The first-order valence-corrected chi connectivity index (χ1v) is 5.51. The zero-order chi connectivity index (χ0) is 9.10. The summed E-state index contributed by atoms with van der Waals surface area (Å²) in [5.74, 6) is 3.99. The molecule has 1 fully saturated rings. The first kappa shape index (κ1) is 8.74. The third-order valence-corrected chi connectivity index (χ3v) is 3.28. The summed E-state index contributed by atoms with van der Waals surface area (Å²) in [6.45, 7) is 0. The van der Waals surface area contributed by atoms with Crippen molar-refractivity contribution in [3.63, 3.8) is 0 Å². The van der Waals surface area contributed by atoms with Gasteiger partial charge < -0.3 is 0 Å². The number of carbonyl (C=O) groups excluding carboxylic acids is 1. The number of aldehydes is 1. The normalized spacial score (nSPS) is 18.8. The second-order valence-electron chi connectivity index (χ2n) is 3.08. The van der Waals surface area contributed by atoms with E-state index < -0.39 is 0 Å². The maximum Gasteiger partial charge on any atom is 0.214 e. The van der Waals surface area contributed by atoms with E-state index in [0.29, 0.717) is 12.2 Å². The Morgan fingerprint density at radius 3 is 2.85 bits per heavy atom. The molecule has 0 bridgehead atoms. The highest BCUT2D eigenvalue weighted by Gasteiger charge is 2.18. The van der Waals surface area contributed by atoms with Gasteiger partial charge in [-0.2, -0.15) is 16.9 Å². The fourth-order valence-corrected chi connectivity index (χ4v) is 2.60. The van der Waals surface area contributed by atoms with Crippen LogP contribution < -0.4 is 0 Å². The lowest BCUT2D eigenvalue weighted by Crippen LogP contribution is -2.09. The van der Waals surface area contributed by atoms with E-state index in [1.807, 2.05) is 11.8 Å². The number of aromatic nitrogens is 3. The molecule has 0 radical (unpaired) electrons. The van der Waals surface area contributed by atoms with Gasteiger partial charge in [0, 0.05) is 5.92 Å². The van der Waals surface area contributed by atoms with Crippen LogP contribution in [-0.2, 0) is 0 Å². The lowest BCUT2D eigenvalue weighted by atomic mass is 10.0. The van der Waals surface area contributed by atoms with Gasteiger partial charge in [0.15, 0.2) is 6.29 Å². The summed E-state index contributed by atoms with van der Waals surface area (Å²) >= 11 is 1.97. The van der Waals surface area contributed by atoms with Crippen molar-refractivity contribution in [2.45, 2.75) is 18.8 Å². The van der Waals surface area contributed by atoms with Crippen LogP contribution in [0.2, 0.25) is 0 Å². The molecule has 2 rings (SSSR count). The molecule has 1 aliphatic rings. The molecule has 2 heterocycles. The molecule has 1 aromatic heterocycles. The highest BCUT2D eigenvalue weighted by molar-refractivity contribution is 7.99. The van der Waals surface area contributed by atoms with Gasteiger partial charge in [0.2, 0.25) is 5.82 Å². The van der Waals surface area contributed by atoms with Gasteiger partial charge in [-0.25, -0.2) is 4.98 Å². The molecule has 1 saturated heterocycles. The van der Waals surface area contributed by atoms with Gasteiger partial charge >= 0.3 is 0 Å². The lowest BCUT2D eigenvalue weighted by Gasteiger charge is -2.18. The first-order valence-electron chi connectivity index (χ1n) is 4.35. The predicted octanol–water partition coefficient (Wildman–Crippen LogP) is 1.23. The SMILES string of the molecule is O=Cc1n[nH]c(C2CCSCC2)n1. The summed E-state index contributed by atoms with van der Waals surface area (Å²) in [4.78, 5) is 14.5. The summed E-state index contributed by atoms with van der Waals surface area (Å²) < 4.78 is 0. The largest absolute Gasteiger partial charge is 0.294 e. The van der Waals surface area contributed by atoms with Gasteiger partial charge in [-0.05, 0) is 24.3 Å². The zero-order valence-corrected chi connectivity index (χ0v) is 8.01. The minimum Gasteiger partial charge on any atom is -0.294 e. The van der Waals surface area contributed by atoms with Gasteiger partial charge in [-0.15, -0.1) is 0 Å². The number of nitrogens with zero attached hydrogens (tertiary/aromatic N) is 2. The number of aromatic amines is 1. The Morgan fingerprint density at radius 2 is 2.23 bits per heavy atom. The molecule has 5 heteroatoms. The van der Waals surface area contributed by atoms with E-state index in [9.17, 15) is 4.79 Å². The monoisotopic (exact) mass is 197 g/mol. The molecule has 1 N–H and O–H groups in total. The highest BCUT2D eigenvalue weighted by atomic mass is 32.2. The van der Waals surface area contributed by atoms with E-state index in [1.165, 1.54) is 11.5 Å². The number of hydrogen-bond acceptors (Lipinski definition) is 4. The van der Waals surface area contributed by atoms with Crippen LogP contribution in [0.15, 0.2) is 0 Å². The average molecular weight is 197 g/mol. The Balaban J connectivity index is 2.09. The summed E-state index contributed by atoms with van der Waals surface area (Å²) in [6.07, 6.45) is 2.95. The molecule has 0 aliphatic carbocycles. The molecule has 0 amide bonds. The van der Waals surface area contributed by atoms with Crippen LogP contribution in [-0.4, -0.2) is 33.0 Å². The number of thioether (sulfide) groups is 1. The van der Waals surface area contributed by atoms with Crippen LogP contribution in [0.25, 0.3) is 0 Å². The summed E-state index contributed by atoms with van der Waals surface area (Å²) in [6, 6.07) is 0. The van der Waals surface area contributed by atoms with E-state index >= 15 is 0 Å². The summed E-state index contributed by atoms with van der Waals surface area (Å²) in [5, 5.41) is 6.62. The number of carbonyl (C=O) groups is 1. The van der Waals surface area contributed by atoms with Crippen molar-refractivity contribution in [1.29, 1.82) is 0 Å². The van der Waals surface area contributed by atoms with E-state index in [1.54, 1.807) is 0 Å². The van der Waals surface area contributed by atoms with Gasteiger partial charge in [0.25, 0.3) is 0 Å². The minimum absolute atomic E-state index is 0.272. The number of H-pyrrole nitrogens is 1. The predicted molar refractivity (Wildman–Crippen MR) is 51.1 cm³/mol. The van der Waals surface area contributed by atoms with Crippen molar-refractivity contribution in [3.05, 3.63) is 11.6 Å². The second kappa shape index (κ2) is 3.91. The van der Waals surface area contributed by atoms with Gasteiger partial charge in [-0.1, -0.05) is 0 Å². The maximum absolute atomic E-state index is 10.4. The third-order valence-electron chi connectivity index (χ3n) is 2.23. The van der Waals surface area contributed by atoms with Crippen molar-refractivity contribution >= 4 is 18.0 Å². The molecule has 13 heavy (non-hydrogen) atoms. The van der Waals surface area contributed by atoms with Gasteiger partial charge in [0.05, 0.1) is 0 Å². The zero-order valence-electron chi connectivity index (χ0n) is 7.19. The number of nitrogens with one attached hydrogen (secondary N) is 1. The van der Waals surface area contributed by atoms with Crippen molar-refractivity contribution in [1.82, 2.24) is 15.2 Å². The molecule has 0 unspecified atom stereocenters. The van der Waals surface area contributed by atoms with Crippen LogP contribution in [0.3, 0.4) is 0 Å². The smallest absolute Gasteiger partial charge is 0.214 e. The van der Waals surface area contributed by atoms with Crippen molar-refractivity contribution in [3.8, 4) is 0 Å². The molecule has 0 aromatic carbocycles. The second-order valence-corrected chi connectivity index (χ2v) is 4.31. The van der Waals surface area contributed by atoms with E-state index in [0.717, 1.165) is 18.7 Å². The van der Waals surface area contributed by atoms with Crippen LogP contribution in [0, 0.1) is 0 Å². The molecule has 0 atom stereocenters. The maximum atomic E-state index is 10.4. The number of hydrogen-bond donors (Lipinski definition) is 1. The average Bonchev–Trinajstić information content (AvgIpc) is 2.67. The molecule has 0 saturated carbocycles. The number of rotatable bonds is 2. The van der Waals surface area contributed by atoms with Gasteiger partial charge in [-0.3, -0.25) is 9.89 Å². The molecular formula is C8H11N3OS. The van der Waals surface area contributed by atoms with E-state index in [-0.39, 0.29) is 5.82 Å². The van der Waals surface area contributed by atoms with Crippen molar-refractivity contribution < 1.29 is 4.79 Å². The standard InChI is InChI=1S/C8H11N3OS/c12-5-7-9-8(11-10-7)6-1-3-13-4-2-6/h5-6H,1-4H2,(H,9,10,11). The first-order chi connectivity index (χ1) is 6.40. The fraction of sp³-hybridized carbons (Fsp3) is 0.625. The summed E-state index contributed by atoms with van der Waals surface area (Å²) in [5.41, 5.74) is 0. The van der Waals surface area contributed by atoms with Crippen LogP contribution in [0.4, 0.5) is 0 Å². The quantitative estimate of drug-likeness (QED) is 0.724. The molecular weight excluding hydrogens is 186 g/mol. The molecule has 1 aliphatic heterocycles. The van der Waals surface area contributed by atoms with Crippen LogP contribution in [0.5, 0.6) is 0 Å². The molecule has 70 valence electrons. The van der Waals surface area contributed by atoms with Crippen LogP contribution in [0.1, 0.15) is 35.2 Å². The fourth-order valence-electron chi connectivity index (χ4n) is 1.49. The minimum atomic E-state index is 0.272. The van der Waals surface area contributed by atoms with Crippen molar-refractivity contribution in [2.75, 3.05) is 11.5 Å².